The summed E-state index contributed by atoms with van der Waals surface area (Å²) in [5, 5.41) is 17.4. The summed E-state index contributed by atoms with van der Waals surface area (Å²) in [5.74, 6) is 0.359. The van der Waals surface area contributed by atoms with Crippen LogP contribution in [0.3, 0.4) is 0 Å². The lowest BCUT2D eigenvalue weighted by molar-refractivity contribution is 0.0112. The molecule has 5 heteroatoms. The number of hydrogen-bond acceptors (Lipinski definition) is 4. The van der Waals surface area contributed by atoms with Crippen LogP contribution in [0.15, 0.2) is 6.20 Å². The highest BCUT2D eigenvalue weighted by Crippen LogP contribution is 2.21. The molecule has 1 atom stereocenters. The summed E-state index contributed by atoms with van der Waals surface area (Å²) in [7, 11) is 1.90. The van der Waals surface area contributed by atoms with E-state index in [0.717, 1.165) is 11.4 Å². The Balaban J connectivity index is 2.47. The lowest BCUT2D eigenvalue weighted by Gasteiger charge is -2.15. The number of rotatable bonds is 7. The molecule has 0 aromatic carbocycles. The van der Waals surface area contributed by atoms with Gasteiger partial charge in [-0.3, -0.25) is 4.68 Å². The van der Waals surface area contributed by atoms with Gasteiger partial charge in [-0.15, -0.1) is 0 Å². The van der Waals surface area contributed by atoms with Crippen molar-refractivity contribution < 1.29 is 9.84 Å². The highest BCUT2D eigenvalue weighted by atomic mass is 16.5. The zero-order chi connectivity index (χ0) is 13.7. The smallest absolute Gasteiger partial charge is 0.0945 e. The Morgan fingerprint density at radius 3 is 2.61 bits per heavy atom. The van der Waals surface area contributed by atoms with Gasteiger partial charge in [0.15, 0.2) is 0 Å². The first kappa shape index (κ1) is 15.0. The van der Waals surface area contributed by atoms with Gasteiger partial charge in [-0.1, -0.05) is 13.8 Å². The maximum Gasteiger partial charge on any atom is 0.0945 e. The van der Waals surface area contributed by atoms with Crippen molar-refractivity contribution in [1.29, 1.82) is 0 Å². The normalized spacial score (nSPS) is 13.3. The summed E-state index contributed by atoms with van der Waals surface area (Å²) >= 11 is 0. The Morgan fingerprint density at radius 2 is 2.06 bits per heavy atom. The van der Waals surface area contributed by atoms with Gasteiger partial charge in [0.25, 0.3) is 0 Å². The van der Waals surface area contributed by atoms with Crippen LogP contribution < -0.4 is 5.32 Å². The van der Waals surface area contributed by atoms with Crippen LogP contribution in [0, 0.1) is 0 Å². The lowest BCUT2D eigenvalue weighted by Crippen LogP contribution is -2.26. The molecule has 0 saturated heterocycles. The van der Waals surface area contributed by atoms with Crippen LogP contribution in [0.2, 0.25) is 0 Å². The van der Waals surface area contributed by atoms with E-state index < -0.39 is 6.10 Å². The van der Waals surface area contributed by atoms with Crippen LogP contribution >= 0.6 is 0 Å². The zero-order valence-corrected chi connectivity index (χ0v) is 12.0. The van der Waals surface area contributed by atoms with Crippen molar-refractivity contribution in [2.24, 2.45) is 7.05 Å². The molecule has 0 aliphatic rings. The van der Waals surface area contributed by atoms with Gasteiger partial charge >= 0.3 is 0 Å². The molecule has 0 saturated carbocycles. The van der Waals surface area contributed by atoms with Crippen molar-refractivity contribution in [3.8, 4) is 0 Å². The second-order valence-electron chi connectivity index (χ2n) is 5.17. The number of nitrogens with zero attached hydrogens (tertiary/aromatic N) is 2. The van der Waals surface area contributed by atoms with Crippen molar-refractivity contribution >= 4 is 5.69 Å². The molecule has 1 rings (SSSR count). The first-order chi connectivity index (χ1) is 8.40. The highest BCUT2D eigenvalue weighted by molar-refractivity contribution is 5.47. The Kier molecular flexibility index (Phi) is 5.62. The first-order valence-electron chi connectivity index (χ1n) is 6.47. The van der Waals surface area contributed by atoms with Crippen LogP contribution in [-0.4, -0.2) is 40.2 Å². The van der Waals surface area contributed by atoms with Crippen molar-refractivity contribution in [2.45, 2.75) is 45.8 Å². The van der Waals surface area contributed by atoms with E-state index in [0.29, 0.717) is 19.1 Å². The van der Waals surface area contributed by atoms with Gasteiger partial charge in [-0.25, -0.2) is 0 Å². The molecule has 0 fully saturated rings. The molecule has 0 radical (unpaired) electrons. The average molecular weight is 255 g/mol. The Morgan fingerprint density at radius 1 is 1.39 bits per heavy atom. The summed E-state index contributed by atoms with van der Waals surface area (Å²) in [6.45, 7) is 8.94. The molecule has 0 bridgehead atoms. The predicted octanol–water partition coefficient (Wildman–Crippen LogP) is 1.74. The lowest BCUT2D eigenvalue weighted by atomic mass is 10.1. The molecule has 0 amide bonds. The fourth-order valence-electron chi connectivity index (χ4n) is 1.66. The monoisotopic (exact) mass is 255 g/mol. The minimum atomic E-state index is -0.507. The molecule has 0 aliphatic carbocycles. The van der Waals surface area contributed by atoms with E-state index in [2.05, 4.69) is 24.3 Å². The van der Waals surface area contributed by atoms with Crippen LogP contribution in [0.1, 0.15) is 39.3 Å². The second kappa shape index (κ2) is 6.75. The van der Waals surface area contributed by atoms with Crippen molar-refractivity contribution in [2.75, 3.05) is 18.5 Å². The Bertz CT molecular complexity index is 361. The maximum absolute atomic E-state index is 9.78. The van der Waals surface area contributed by atoms with Crippen LogP contribution in [0.25, 0.3) is 0 Å². The summed E-state index contributed by atoms with van der Waals surface area (Å²) in [5.41, 5.74) is 2.01. The third kappa shape index (κ3) is 4.66. The second-order valence-corrected chi connectivity index (χ2v) is 5.17. The van der Waals surface area contributed by atoms with Crippen LogP contribution in [0.4, 0.5) is 5.69 Å². The molecule has 2 N–H and O–H groups in total. The van der Waals surface area contributed by atoms with Crippen molar-refractivity contribution in [1.82, 2.24) is 9.78 Å². The number of nitrogens with one attached hydrogen (secondary N) is 1. The van der Waals surface area contributed by atoms with Gasteiger partial charge in [0.05, 0.1) is 30.2 Å². The standard InChI is InChI=1S/C13H25N3O2/c1-9(2)13-12(7-16(5)15-13)14-6-11(17)8-18-10(3)4/h7,9-11,14,17H,6,8H2,1-5H3. The number of aryl methyl sites for hydroxylation is 1. The number of aromatic nitrogens is 2. The number of aliphatic hydroxyl groups is 1. The first-order valence-corrected chi connectivity index (χ1v) is 6.47. The Labute approximate surface area is 109 Å². The van der Waals surface area contributed by atoms with Crippen molar-refractivity contribution in [3.05, 3.63) is 11.9 Å². The fraction of sp³-hybridized carbons (Fsp3) is 0.769. The third-order valence-corrected chi connectivity index (χ3v) is 2.55. The third-order valence-electron chi connectivity index (χ3n) is 2.55. The molecule has 1 unspecified atom stereocenters. The molecule has 1 heterocycles. The van der Waals surface area contributed by atoms with Gasteiger partial charge in [0, 0.05) is 19.8 Å². The number of ether oxygens (including phenoxy) is 1. The molecule has 0 spiro atoms. The minimum Gasteiger partial charge on any atom is -0.389 e. The molecular weight excluding hydrogens is 230 g/mol. The van der Waals surface area contributed by atoms with E-state index in [-0.39, 0.29) is 6.10 Å². The van der Waals surface area contributed by atoms with E-state index in [1.807, 2.05) is 27.1 Å². The van der Waals surface area contributed by atoms with Gasteiger partial charge < -0.3 is 15.2 Å². The molecule has 5 nitrogen and oxygen atoms in total. The van der Waals surface area contributed by atoms with Crippen LogP contribution in [-0.2, 0) is 11.8 Å². The summed E-state index contributed by atoms with van der Waals surface area (Å²) in [4.78, 5) is 0. The number of aliphatic hydroxyl groups excluding tert-OH is 1. The summed E-state index contributed by atoms with van der Waals surface area (Å²) < 4.78 is 7.15. The molecule has 1 aromatic heterocycles. The maximum atomic E-state index is 9.78. The van der Waals surface area contributed by atoms with E-state index in [1.54, 1.807) is 4.68 Å². The van der Waals surface area contributed by atoms with E-state index in [9.17, 15) is 5.11 Å². The van der Waals surface area contributed by atoms with E-state index >= 15 is 0 Å². The molecule has 0 aliphatic heterocycles. The SMILES string of the molecule is CC(C)OCC(O)CNc1cn(C)nc1C(C)C. The van der Waals surface area contributed by atoms with E-state index in [4.69, 9.17) is 4.74 Å². The molecular formula is C13H25N3O2. The van der Waals surface area contributed by atoms with Crippen LogP contribution in [0.5, 0.6) is 0 Å². The van der Waals surface area contributed by atoms with Gasteiger partial charge in [-0.2, -0.15) is 5.10 Å². The summed E-state index contributed by atoms with van der Waals surface area (Å²) in [6, 6.07) is 0. The average Bonchev–Trinajstić information content (AvgIpc) is 2.65. The molecule has 18 heavy (non-hydrogen) atoms. The fourth-order valence-corrected chi connectivity index (χ4v) is 1.66. The zero-order valence-electron chi connectivity index (χ0n) is 12.0. The minimum absolute atomic E-state index is 0.143. The van der Waals surface area contributed by atoms with Gasteiger partial charge in [0.2, 0.25) is 0 Å². The largest absolute Gasteiger partial charge is 0.389 e. The van der Waals surface area contributed by atoms with E-state index in [1.165, 1.54) is 0 Å². The Hall–Kier alpha value is -1.07. The predicted molar refractivity (Wildman–Crippen MR) is 72.9 cm³/mol. The topological polar surface area (TPSA) is 59.3 Å². The van der Waals surface area contributed by atoms with Crippen molar-refractivity contribution in [3.63, 3.8) is 0 Å². The molecule has 1 aromatic rings. The quantitative estimate of drug-likeness (QED) is 0.779. The highest BCUT2D eigenvalue weighted by Gasteiger charge is 2.12. The van der Waals surface area contributed by atoms with Gasteiger partial charge in [0.1, 0.15) is 0 Å². The number of hydrogen-bond donors (Lipinski definition) is 2. The van der Waals surface area contributed by atoms with Gasteiger partial charge in [-0.05, 0) is 19.8 Å². The number of anilines is 1. The molecule has 104 valence electrons. The summed E-state index contributed by atoms with van der Waals surface area (Å²) in [6.07, 6.45) is 1.57.